The monoisotopic (exact) mass is 420 g/mol. The van der Waals surface area contributed by atoms with Crippen LogP contribution < -0.4 is 10.6 Å². The summed E-state index contributed by atoms with van der Waals surface area (Å²) in [6, 6.07) is 8.01. The van der Waals surface area contributed by atoms with Crippen molar-refractivity contribution in [3.8, 4) is 0 Å². The normalized spacial score (nSPS) is 17.8. The number of hydrogen-bond acceptors (Lipinski definition) is 4. The predicted octanol–water partition coefficient (Wildman–Crippen LogP) is 5.07. The molecule has 2 aromatic rings. The van der Waals surface area contributed by atoms with Gasteiger partial charge in [0.05, 0.1) is 0 Å². The molecule has 0 radical (unpaired) electrons. The van der Waals surface area contributed by atoms with Crippen LogP contribution in [0, 0.1) is 0 Å². The van der Waals surface area contributed by atoms with Gasteiger partial charge >= 0.3 is 0 Å². The van der Waals surface area contributed by atoms with Crippen LogP contribution >= 0.6 is 24.2 Å². The number of furan rings is 1. The van der Waals surface area contributed by atoms with E-state index >= 15 is 0 Å². The van der Waals surface area contributed by atoms with E-state index in [1.165, 1.54) is 37.7 Å². The number of thioether (sulfide) groups is 1. The molecule has 4 rings (SSSR count). The maximum Gasteiger partial charge on any atom is 0.287 e. The number of carbonyl (C=O) groups is 1. The van der Waals surface area contributed by atoms with Crippen molar-refractivity contribution in [1.29, 1.82) is 0 Å². The first kappa shape index (κ1) is 21.3. The van der Waals surface area contributed by atoms with Crippen molar-refractivity contribution in [2.75, 3.05) is 19.6 Å². The van der Waals surface area contributed by atoms with Crippen molar-refractivity contribution < 1.29 is 9.21 Å². The quantitative estimate of drug-likeness (QED) is 0.640. The molecule has 1 aliphatic carbocycles. The van der Waals surface area contributed by atoms with Crippen molar-refractivity contribution in [3.63, 3.8) is 0 Å². The van der Waals surface area contributed by atoms with Gasteiger partial charge in [-0.15, -0.1) is 12.4 Å². The zero-order valence-electron chi connectivity index (χ0n) is 16.2. The number of benzene rings is 1. The van der Waals surface area contributed by atoms with E-state index in [4.69, 9.17) is 4.42 Å². The molecule has 0 unspecified atom stereocenters. The SMILES string of the molecule is Cl.O=C(NCC1=CCNCC1)c1oc2ccccc2c1CSC1CCCCC1. The first-order chi connectivity index (χ1) is 13.3. The number of para-hydroxylation sites is 1. The van der Waals surface area contributed by atoms with Crippen molar-refractivity contribution in [2.45, 2.75) is 49.5 Å². The van der Waals surface area contributed by atoms with Gasteiger partial charge < -0.3 is 15.1 Å². The van der Waals surface area contributed by atoms with E-state index in [1.54, 1.807) is 0 Å². The van der Waals surface area contributed by atoms with Crippen LogP contribution in [0.1, 0.15) is 54.6 Å². The molecule has 0 spiro atoms. The minimum Gasteiger partial charge on any atom is -0.451 e. The Morgan fingerprint density at radius 1 is 1.21 bits per heavy atom. The van der Waals surface area contributed by atoms with E-state index in [-0.39, 0.29) is 18.3 Å². The van der Waals surface area contributed by atoms with Crippen LogP contribution in [0.4, 0.5) is 0 Å². The lowest BCUT2D eigenvalue weighted by Crippen LogP contribution is -2.29. The Morgan fingerprint density at radius 3 is 2.82 bits per heavy atom. The molecule has 2 aliphatic rings. The van der Waals surface area contributed by atoms with Crippen LogP contribution in [-0.4, -0.2) is 30.8 Å². The second-order valence-electron chi connectivity index (χ2n) is 7.48. The zero-order chi connectivity index (χ0) is 18.5. The van der Waals surface area contributed by atoms with Crippen molar-refractivity contribution in [3.05, 3.63) is 47.2 Å². The van der Waals surface area contributed by atoms with Crippen LogP contribution in [-0.2, 0) is 5.75 Å². The molecular weight excluding hydrogens is 392 g/mol. The Labute approximate surface area is 177 Å². The fraction of sp³-hybridized carbons (Fsp3) is 0.500. The van der Waals surface area contributed by atoms with Gasteiger partial charge in [0, 0.05) is 35.0 Å². The lowest BCUT2D eigenvalue weighted by atomic mass is 10.0. The lowest BCUT2D eigenvalue weighted by molar-refractivity contribution is 0.0930. The third-order valence-corrected chi connectivity index (χ3v) is 6.95. The predicted molar refractivity (Wildman–Crippen MR) is 120 cm³/mol. The summed E-state index contributed by atoms with van der Waals surface area (Å²) >= 11 is 1.99. The third kappa shape index (κ3) is 5.13. The molecule has 0 atom stereocenters. The summed E-state index contributed by atoms with van der Waals surface area (Å²) in [7, 11) is 0. The maximum absolute atomic E-state index is 12.9. The van der Waals surface area contributed by atoms with Crippen LogP contribution in [0.25, 0.3) is 11.0 Å². The highest BCUT2D eigenvalue weighted by Crippen LogP contribution is 2.35. The lowest BCUT2D eigenvalue weighted by Gasteiger charge is -2.20. The van der Waals surface area contributed by atoms with Gasteiger partial charge in [-0.1, -0.05) is 49.1 Å². The van der Waals surface area contributed by atoms with Crippen LogP contribution in [0.15, 0.2) is 40.3 Å². The highest BCUT2D eigenvalue weighted by Gasteiger charge is 2.22. The average Bonchev–Trinajstić information content (AvgIpc) is 3.11. The number of halogens is 1. The largest absolute Gasteiger partial charge is 0.451 e. The molecule has 2 heterocycles. The molecule has 2 N–H and O–H groups in total. The maximum atomic E-state index is 12.9. The molecule has 1 aromatic heterocycles. The van der Waals surface area contributed by atoms with Gasteiger partial charge in [-0.2, -0.15) is 11.8 Å². The number of carbonyl (C=O) groups excluding carboxylic acids is 1. The van der Waals surface area contributed by atoms with Crippen molar-refractivity contribution in [2.24, 2.45) is 0 Å². The molecular formula is C22H29ClN2O2S. The van der Waals surface area contributed by atoms with E-state index in [0.717, 1.165) is 41.8 Å². The smallest absolute Gasteiger partial charge is 0.287 e. The molecule has 1 aromatic carbocycles. The summed E-state index contributed by atoms with van der Waals surface area (Å²) in [6.45, 7) is 2.47. The molecule has 1 saturated carbocycles. The number of hydrogen-bond donors (Lipinski definition) is 2. The van der Waals surface area contributed by atoms with Crippen molar-refractivity contribution in [1.82, 2.24) is 10.6 Å². The Morgan fingerprint density at radius 2 is 2.04 bits per heavy atom. The molecule has 4 nitrogen and oxygen atoms in total. The van der Waals surface area contributed by atoms with Gasteiger partial charge in [-0.05, 0) is 31.9 Å². The van der Waals surface area contributed by atoms with Gasteiger partial charge in [0.25, 0.3) is 5.91 Å². The molecule has 1 amide bonds. The summed E-state index contributed by atoms with van der Waals surface area (Å²) in [5.74, 6) is 1.25. The minimum absolute atomic E-state index is 0. The summed E-state index contributed by atoms with van der Waals surface area (Å²) in [5.41, 5.74) is 3.15. The average molecular weight is 421 g/mol. The summed E-state index contributed by atoms with van der Waals surface area (Å²) in [4.78, 5) is 12.9. The van der Waals surface area contributed by atoms with Gasteiger partial charge in [0.2, 0.25) is 0 Å². The van der Waals surface area contributed by atoms with E-state index < -0.39 is 0 Å². The summed E-state index contributed by atoms with van der Waals surface area (Å²) in [6.07, 6.45) is 9.79. The Kier molecular flexibility index (Phi) is 7.89. The van der Waals surface area contributed by atoms with E-state index in [1.807, 2.05) is 30.0 Å². The molecule has 0 bridgehead atoms. The molecule has 1 aliphatic heterocycles. The Bertz CT molecular complexity index is 827. The van der Waals surface area contributed by atoms with Gasteiger partial charge in [0.1, 0.15) is 5.58 Å². The first-order valence-electron chi connectivity index (χ1n) is 10.1. The van der Waals surface area contributed by atoms with E-state index in [2.05, 4.69) is 22.8 Å². The number of nitrogens with one attached hydrogen (secondary N) is 2. The summed E-state index contributed by atoms with van der Waals surface area (Å²) < 4.78 is 5.98. The molecule has 152 valence electrons. The number of amides is 1. The molecule has 28 heavy (non-hydrogen) atoms. The number of rotatable bonds is 6. The van der Waals surface area contributed by atoms with E-state index in [9.17, 15) is 4.79 Å². The first-order valence-corrected chi connectivity index (χ1v) is 11.1. The highest BCUT2D eigenvalue weighted by molar-refractivity contribution is 7.99. The molecule has 1 fully saturated rings. The fourth-order valence-electron chi connectivity index (χ4n) is 3.96. The van der Waals surface area contributed by atoms with Gasteiger partial charge in [-0.25, -0.2) is 0 Å². The fourth-order valence-corrected chi connectivity index (χ4v) is 5.32. The van der Waals surface area contributed by atoms with E-state index in [0.29, 0.717) is 17.6 Å². The summed E-state index contributed by atoms with van der Waals surface area (Å²) in [5, 5.41) is 8.16. The minimum atomic E-state index is -0.0927. The van der Waals surface area contributed by atoms with Gasteiger partial charge in [0.15, 0.2) is 5.76 Å². The van der Waals surface area contributed by atoms with Crippen molar-refractivity contribution >= 4 is 41.0 Å². The highest BCUT2D eigenvalue weighted by atomic mass is 35.5. The second-order valence-corrected chi connectivity index (χ2v) is 8.76. The van der Waals surface area contributed by atoms with Crippen LogP contribution in [0.3, 0.4) is 0 Å². The molecule has 0 saturated heterocycles. The Hall–Kier alpha value is -1.43. The number of fused-ring (bicyclic) bond motifs is 1. The third-order valence-electron chi connectivity index (χ3n) is 5.55. The second kappa shape index (κ2) is 10.4. The Balaban J connectivity index is 0.00000225. The standard InChI is InChI=1S/C22H28N2O2S.ClH/c25-22(24-14-16-10-12-23-13-11-16)21-19(15-27-17-6-2-1-3-7-17)18-8-4-5-9-20(18)26-21;/h4-5,8-10,17,23H,1-3,6-7,11-15H2,(H,24,25);1H. The molecule has 6 heteroatoms. The van der Waals surface area contributed by atoms with Crippen LogP contribution in [0.5, 0.6) is 0 Å². The van der Waals surface area contributed by atoms with Gasteiger partial charge in [-0.3, -0.25) is 4.79 Å². The van der Waals surface area contributed by atoms with Crippen LogP contribution in [0.2, 0.25) is 0 Å². The zero-order valence-corrected chi connectivity index (χ0v) is 17.8. The topological polar surface area (TPSA) is 54.3 Å².